The van der Waals surface area contributed by atoms with E-state index in [9.17, 15) is 4.79 Å². The third-order valence-electron chi connectivity index (χ3n) is 3.72. The van der Waals surface area contributed by atoms with Crippen LogP contribution < -0.4 is 14.5 Å². The van der Waals surface area contributed by atoms with Crippen molar-refractivity contribution < 1.29 is 14.4 Å². The molecule has 24 heavy (non-hydrogen) atoms. The van der Waals surface area contributed by atoms with Crippen LogP contribution in [0.3, 0.4) is 0 Å². The van der Waals surface area contributed by atoms with Crippen LogP contribution in [0.4, 0.5) is 5.13 Å². The first kappa shape index (κ1) is 19.0. The molecule has 132 valence electrons. The number of amides is 1. The standard InChI is InChI=1S/C17H24ClN3O2S/c1-5-7-14(22)21(11-6-10-20(2)3)17-19-15-13(23-4)9-8-12(18)16(15)24-17/h8-9H,5-7,10-11H2,1-4H3/p+1. The molecule has 2 aromatic rings. The Labute approximate surface area is 152 Å². The molecule has 0 atom stereocenters. The maximum atomic E-state index is 12.6. The minimum absolute atomic E-state index is 0.111. The molecule has 1 aromatic heterocycles. The van der Waals surface area contributed by atoms with Gasteiger partial charge in [0.05, 0.1) is 37.5 Å². The third kappa shape index (κ3) is 4.37. The Morgan fingerprint density at radius 3 is 2.79 bits per heavy atom. The van der Waals surface area contributed by atoms with Crippen molar-refractivity contribution in [1.29, 1.82) is 0 Å². The number of carbonyl (C=O) groups excluding carboxylic acids is 1. The molecule has 1 heterocycles. The van der Waals surface area contributed by atoms with Crippen molar-refractivity contribution >= 4 is 44.2 Å². The zero-order valence-corrected chi connectivity index (χ0v) is 16.3. The molecule has 0 spiro atoms. The fraction of sp³-hybridized carbons (Fsp3) is 0.529. The summed E-state index contributed by atoms with van der Waals surface area (Å²) in [6, 6.07) is 3.61. The zero-order valence-electron chi connectivity index (χ0n) is 14.7. The Kier molecular flexibility index (Phi) is 6.83. The van der Waals surface area contributed by atoms with E-state index in [2.05, 4.69) is 19.1 Å². The van der Waals surface area contributed by atoms with Crippen LogP contribution in [0.25, 0.3) is 10.2 Å². The summed E-state index contributed by atoms with van der Waals surface area (Å²) in [6.07, 6.45) is 2.28. The summed E-state index contributed by atoms with van der Waals surface area (Å²) < 4.78 is 6.23. The third-order valence-corrected chi connectivity index (χ3v) is 5.26. The second-order valence-corrected chi connectivity index (χ2v) is 7.41. The van der Waals surface area contributed by atoms with E-state index in [1.54, 1.807) is 18.1 Å². The summed E-state index contributed by atoms with van der Waals surface area (Å²) in [6.45, 7) is 3.69. The van der Waals surface area contributed by atoms with E-state index < -0.39 is 0 Å². The Balaban J connectivity index is 2.35. The number of rotatable bonds is 8. The average Bonchev–Trinajstić information content (AvgIpc) is 2.97. The molecule has 0 aliphatic rings. The van der Waals surface area contributed by atoms with Crippen LogP contribution in [0.1, 0.15) is 26.2 Å². The minimum Gasteiger partial charge on any atom is -0.494 e. The molecule has 0 unspecified atom stereocenters. The lowest BCUT2D eigenvalue weighted by molar-refractivity contribution is -0.858. The topological polar surface area (TPSA) is 46.9 Å². The van der Waals surface area contributed by atoms with Crippen LogP contribution in [0.5, 0.6) is 5.75 Å². The first-order valence-corrected chi connectivity index (χ1v) is 9.39. The van der Waals surface area contributed by atoms with Crippen molar-refractivity contribution in [3.05, 3.63) is 17.2 Å². The number of aromatic nitrogens is 1. The van der Waals surface area contributed by atoms with Gasteiger partial charge in [-0.1, -0.05) is 29.9 Å². The van der Waals surface area contributed by atoms with Crippen LogP contribution >= 0.6 is 22.9 Å². The molecule has 0 aliphatic heterocycles. The van der Waals surface area contributed by atoms with Crippen molar-refractivity contribution in [1.82, 2.24) is 4.98 Å². The van der Waals surface area contributed by atoms with Gasteiger partial charge in [0, 0.05) is 19.4 Å². The summed E-state index contributed by atoms with van der Waals surface area (Å²) in [5, 5.41) is 1.33. The van der Waals surface area contributed by atoms with Gasteiger partial charge in [-0.05, 0) is 18.6 Å². The van der Waals surface area contributed by atoms with Crippen molar-refractivity contribution in [3.8, 4) is 5.75 Å². The summed E-state index contributed by atoms with van der Waals surface area (Å²) in [7, 11) is 5.84. The molecule has 0 saturated heterocycles. The zero-order chi connectivity index (χ0) is 17.7. The first-order chi connectivity index (χ1) is 11.5. The second-order valence-electron chi connectivity index (χ2n) is 6.03. The number of nitrogens with zero attached hydrogens (tertiary/aromatic N) is 2. The summed E-state index contributed by atoms with van der Waals surface area (Å²) in [5.41, 5.74) is 0.720. The van der Waals surface area contributed by atoms with Gasteiger partial charge in [0.15, 0.2) is 5.13 Å². The molecule has 0 fully saturated rings. The van der Waals surface area contributed by atoms with Gasteiger partial charge < -0.3 is 9.64 Å². The van der Waals surface area contributed by atoms with Gasteiger partial charge in [-0.15, -0.1) is 0 Å². The summed E-state index contributed by atoms with van der Waals surface area (Å²) in [5.74, 6) is 0.790. The number of quaternary nitrogens is 1. The van der Waals surface area contributed by atoms with Crippen LogP contribution in [0, 0.1) is 0 Å². The van der Waals surface area contributed by atoms with Crippen LogP contribution in [-0.4, -0.2) is 45.2 Å². The van der Waals surface area contributed by atoms with Crippen molar-refractivity contribution in [3.63, 3.8) is 0 Å². The molecule has 2 rings (SSSR count). The normalized spacial score (nSPS) is 11.2. The quantitative estimate of drug-likeness (QED) is 0.777. The van der Waals surface area contributed by atoms with Crippen molar-refractivity contribution in [2.24, 2.45) is 0 Å². The maximum Gasteiger partial charge on any atom is 0.228 e. The van der Waals surface area contributed by atoms with Crippen molar-refractivity contribution in [2.75, 3.05) is 39.2 Å². The number of halogens is 1. The number of ether oxygens (including phenoxy) is 1. The van der Waals surface area contributed by atoms with Crippen LogP contribution in [0.2, 0.25) is 5.02 Å². The molecule has 1 N–H and O–H groups in total. The highest BCUT2D eigenvalue weighted by Crippen LogP contribution is 2.38. The molecule has 1 aromatic carbocycles. The molecule has 1 amide bonds. The Morgan fingerprint density at radius 1 is 1.42 bits per heavy atom. The van der Waals surface area contributed by atoms with E-state index in [0.717, 1.165) is 29.6 Å². The van der Waals surface area contributed by atoms with Crippen LogP contribution in [-0.2, 0) is 4.79 Å². The largest absolute Gasteiger partial charge is 0.494 e. The molecular formula is C17H25ClN3O2S+. The van der Waals surface area contributed by atoms with Gasteiger partial charge in [-0.2, -0.15) is 0 Å². The molecule has 0 saturated carbocycles. The number of anilines is 1. The van der Waals surface area contributed by atoms with Gasteiger partial charge in [-0.25, -0.2) is 4.98 Å². The molecule has 5 nitrogen and oxygen atoms in total. The number of methoxy groups -OCH3 is 1. The smallest absolute Gasteiger partial charge is 0.228 e. The summed E-state index contributed by atoms with van der Waals surface area (Å²) >= 11 is 7.75. The molecule has 0 aliphatic carbocycles. The number of hydrogen-bond donors (Lipinski definition) is 1. The number of fused-ring (bicyclic) bond motifs is 1. The lowest BCUT2D eigenvalue weighted by atomic mass is 10.3. The lowest BCUT2D eigenvalue weighted by Crippen LogP contribution is -3.05. The van der Waals surface area contributed by atoms with E-state index >= 15 is 0 Å². The lowest BCUT2D eigenvalue weighted by Gasteiger charge is -2.20. The Hall–Kier alpha value is -1.37. The number of benzene rings is 1. The van der Waals surface area contributed by atoms with E-state index in [-0.39, 0.29) is 5.91 Å². The van der Waals surface area contributed by atoms with Crippen molar-refractivity contribution in [2.45, 2.75) is 26.2 Å². The number of hydrogen-bond acceptors (Lipinski definition) is 4. The van der Waals surface area contributed by atoms with E-state index in [4.69, 9.17) is 16.3 Å². The summed E-state index contributed by atoms with van der Waals surface area (Å²) in [4.78, 5) is 20.4. The number of thiazole rings is 1. The van der Waals surface area contributed by atoms with Gasteiger partial charge in [0.1, 0.15) is 11.3 Å². The van der Waals surface area contributed by atoms with E-state index in [0.29, 0.717) is 28.9 Å². The predicted molar refractivity (Wildman–Crippen MR) is 101 cm³/mol. The average molecular weight is 371 g/mol. The first-order valence-electron chi connectivity index (χ1n) is 8.20. The van der Waals surface area contributed by atoms with E-state index in [1.807, 2.05) is 13.0 Å². The number of nitrogens with one attached hydrogen (secondary N) is 1. The minimum atomic E-state index is 0.111. The van der Waals surface area contributed by atoms with Gasteiger partial charge in [-0.3, -0.25) is 9.69 Å². The predicted octanol–water partition coefficient (Wildman–Crippen LogP) is 2.63. The highest BCUT2D eigenvalue weighted by molar-refractivity contribution is 7.23. The molecule has 7 heteroatoms. The SMILES string of the molecule is CCCC(=O)N(CCC[NH+](C)C)c1nc2c(OC)ccc(Cl)c2s1. The molecule has 0 bridgehead atoms. The highest BCUT2D eigenvalue weighted by atomic mass is 35.5. The molecule has 0 radical (unpaired) electrons. The molecular weight excluding hydrogens is 346 g/mol. The van der Waals surface area contributed by atoms with E-state index in [1.165, 1.54) is 16.2 Å². The van der Waals surface area contributed by atoms with Crippen LogP contribution in [0.15, 0.2) is 12.1 Å². The maximum absolute atomic E-state index is 12.6. The monoisotopic (exact) mass is 370 g/mol. The second kappa shape index (κ2) is 8.65. The Bertz CT molecular complexity index is 702. The number of carbonyl (C=O) groups is 1. The van der Waals surface area contributed by atoms with Gasteiger partial charge in [0.2, 0.25) is 5.91 Å². The highest BCUT2D eigenvalue weighted by Gasteiger charge is 2.21. The fourth-order valence-corrected chi connectivity index (χ4v) is 3.79. The van der Waals surface area contributed by atoms with Gasteiger partial charge >= 0.3 is 0 Å². The fourth-order valence-electron chi connectivity index (χ4n) is 2.49. The Morgan fingerprint density at radius 2 is 2.17 bits per heavy atom. The van der Waals surface area contributed by atoms with Gasteiger partial charge in [0.25, 0.3) is 0 Å².